The highest BCUT2D eigenvalue weighted by atomic mass is 35.5. The lowest BCUT2D eigenvalue weighted by molar-refractivity contribution is 0.0681. The minimum absolute atomic E-state index is 0.207. The minimum atomic E-state index is -3.66. The first-order valence-electron chi connectivity index (χ1n) is 7.50. The van der Waals surface area contributed by atoms with Crippen molar-refractivity contribution in [1.82, 2.24) is 4.31 Å². The van der Waals surface area contributed by atoms with Gasteiger partial charge in [0.05, 0.1) is 17.5 Å². The van der Waals surface area contributed by atoms with Crippen LogP contribution in [0.15, 0.2) is 59.5 Å². The largest absolute Gasteiger partial charge is 0.356 e. The van der Waals surface area contributed by atoms with Crippen molar-refractivity contribution in [1.29, 1.82) is 0 Å². The van der Waals surface area contributed by atoms with Gasteiger partial charge >= 0.3 is 0 Å². The van der Waals surface area contributed by atoms with E-state index in [0.29, 0.717) is 23.6 Å². The van der Waals surface area contributed by atoms with Gasteiger partial charge in [-0.3, -0.25) is 0 Å². The molecule has 0 radical (unpaired) electrons. The highest BCUT2D eigenvalue weighted by Gasteiger charge is 2.43. The van der Waals surface area contributed by atoms with E-state index >= 15 is 0 Å². The van der Waals surface area contributed by atoms with E-state index in [-0.39, 0.29) is 10.9 Å². The van der Waals surface area contributed by atoms with E-state index in [1.165, 1.54) is 4.31 Å². The van der Waals surface area contributed by atoms with Crippen molar-refractivity contribution in [2.75, 3.05) is 6.61 Å². The van der Waals surface area contributed by atoms with Crippen LogP contribution in [0.25, 0.3) is 0 Å². The standard InChI is InChI=1S/C17H18ClNO3S/c1-2-13-12-22-17(15-10-6-7-11-16(15)18)19(13)23(20,21)14-8-4-3-5-9-14/h3-11,13,17H,2,12H2,1H3/t13-,17-/m0/s1. The van der Waals surface area contributed by atoms with E-state index in [9.17, 15) is 8.42 Å². The van der Waals surface area contributed by atoms with Crippen LogP contribution in [0.2, 0.25) is 5.02 Å². The smallest absolute Gasteiger partial charge is 0.245 e. The molecule has 0 spiro atoms. The van der Waals surface area contributed by atoms with Crippen LogP contribution in [0.4, 0.5) is 0 Å². The number of rotatable bonds is 4. The van der Waals surface area contributed by atoms with Crippen molar-refractivity contribution >= 4 is 21.6 Å². The molecule has 3 rings (SSSR count). The third-order valence-corrected chi connectivity index (χ3v) is 6.26. The molecule has 4 nitrogen and oxygen atoms in total. The summed E-state index contributed by atoms with van der Waals surface area (Å²) in [4.78, 5) is 0.265. The van der Waals surface area contributed by atoms with E-state index in [1.54, 1.807) is 42.5 Å². The summed E-state index contributed by atoms with van der Waals surface area (Å²) in [6.45, 7) is 2.31. The Kier molecular flexibility index (Phi) is 4.73. The Labute approximate surface area is 141 Å². The Hall–Kier alpha value is -1.40. The average molecular weight is 352 g/mol. The number of sulfonamides is 1. The molecule has 6 heteroatoms. The van der Waals surface area contributed by atoms with Gasteiger partial charge in [-0.05, 0) is 24.6 Å². The summed E-state index contributed by atoms with van der Waals surface area (Å²) in [5, 5.41) is 0.502. The van der Waals surface area contributed by atoms with Crippen molar-refractivity contribution in [2.45, 2.75) is 30.5 Å². The molecule has 0 bridgehead atoms. The topological polar surface area (TPSA) is 46.6 Å². The van der Waals surface area contributed by atoms with E-state index < -0.39 is 16.3 Å². The molecule has 2 aromatic carbocycles. The summed E-state index contributed by atoms with van der Waals surface area (Å²) >= 11 is 6.26. The molecule has 0 aliphatic carbocycles. The predicted octanol–water partition coefficient (Wildman–Crippen LogP) is 3.84. The van der Waals surface area contributed by atoms with Crippen molar-refractivity contribution in [3.63, 3.8) is 0 Å². The maximum atomic E-state index is 13.1. The zero-order valence-electron chi connectivity index (χ0n) is 12.7. The normalized spacial score (nSPS) is 22.3. The Bertz CT molecular complexity index is 779. The number of halogens is 1. The van der Waals surface area contributed by atoms with Crippen molar-refractivity contribution in [3.8, 4) is 0 Å². The van der Waals surface area contributed by atoms with E-state index in [4.69, 9.17) is 16.3 Å². The molecule has 0 unspecified atom stereocenters. The second-order valence-corrected chi connectivity index (χ2v) is 7.67. The SMILES string of the molecule is CC[C@H]1CO[C@@H](c2ccccc2Cl)N1S(=O)(=O)c1ccccc1. The first kappa shape index (κ1) is 16.5. The summed E-state index contributed by atoms with van der Waals surface area (Å²) in [5.74, 6) is 0. The van der Waals surface area contributed by atoms with Gasteiger partial charge in [-0.2, -0.15) is 4.31 Å². The molecule has 0 aromatic heterocycles. The summed E-state index contributed by atoms with van der Waals surface area (Å²) in [6.07, 6.45) is -0.0219. The van der Waals surface area contributed by atoms with Crippen molar-refractivity contribution in [3.05, 3.63) is 65.2 Å². The number of hydrogen-bond acceptors (Lipinski definition) is 3. The summed E-state index contributed by atoms with van der Waals surface area (Å²) < 4.78 is 33.5. The van der Waals surface area contributed by atoms with Gasteiger partial charge in [-0.1, -0.05) is 54.9 Å². The molecular weight excluding hydrogens is 334 g/mol. The maximum absolute atomic E-state index is 13.1. The lowest BCUT2D eigenvalue weighted by Crippen LogP contribution is -2.38. The number of benzene rings is 2. The second kappa shape index (κ2) is 6.61. The molecule has 1 saturated heterocycles. The van der Waals surface area contributed by atoms with E-state index in [1.807, 2.05) is 19.1 Å². The predicted molar refractivity (Wildman–Crippen MR) is 89.7 cm³/mol. The van der Waals surface area contributed by atoms with Gasteiger partial charge < -0.3 is 4.74 Å². The lowest BCUT2D eigenvalue weighted by atomic mass is 10.2. The first-order chi connectivity index (χ1) is 11.1. The second-order valence-electron chi connectivity index (χ2n) is 5.42. The summed E-state index contributed by atoms with van der Waals surface area (Å²) in [6, 6.07) is 15.4. The maximum Gasteiger partial charge on any atom is 0.245 e. The fourth-order valence-corrected chi connectivity index (χ4v) is 4.78. The molecule has 0 saturated carbocycles. The van der Waals surface area contributed by atoms with Gasteiger partial charge in [0.15, 0.2) is 6.23 Å². The van der Waals surface area contributed by atoms with Gasteiger partial charge in [0, 0.05) is 10.6 Å². The van der Waals surface area contributed by atoms with Gasteiger partial charge in [0.2, 0.25) is 10.0 Å². The number of nitrogens with zero attached hydrogens (tertiary/aromatic N) is 1. The first-order valence-corrected chi connectivity index (χ1v) is 9.32. The van der Waals surface area contributed by atoms with Crippen LogP contribution < -0.4 is 0 Å². The molecule has 0 N–H and O–H groups in total. The molecule has 2 atom stereocenters. The number of ether oxygens (including phenoxy) is 1. The molecule has 23 heavy (non-hydrogen) atoms. The summed E-state index contributed by atoms with van der Waals surface area (Å²) in [5.41, 5.74) is 0.671. The Morgan fingerprint density at radius 3 is 2.43 bits per heavy atom. The zero-order valence-corrected chi connectivity index (χ0v) is 14.3. The molecule has 1 aliphatic rings. The average Bonchev–Trinajstić information content (AvgIpc) is 3.01. The van der Waals surface area contributed by atoms with Crippen LogP contribution in [0.3, 0.4) is 0 Å². The third kappa shape index (κ3) is 3.02. The molecule has 122 valence electrons. The van der Waals surface area contributed by atoms with Crippen LogP contribution in [0.1, 0.15) is 25.1 Å². The third-order valence-electron chi connectivity index (χ3n) is 4.00. The molecule has 2 aromatic rings. The highest BCUT2D eigenvalue weighted by molar-refractivity contribution is 7.89. The van der Waals surface area contributed by atoms with Gasteiger partial charge in [0.25, 0.3) is 0 Å². The Morgan fingerprint density at radius 1 is 1.13 bits per heavy atom. The Morgan fingerprint density at radius 2 is 1.78 bits per heavy atom. The fraction of sp³-hybridized carbons (Fsp3) is 0.294. The molecule has 0 amide bonds. The lowest BCUT2D eigenvalue weighted by Gasteiger charge is -2.27. The van der Waals surface area contributed by atoms with Gasteiger partial charge in [0.1, 0.15) is 0 Å². The zero-order chi connectivity index (χ0) is 16.4. The van der Waals surface area contributed by atoms with Gasteiger partial charge in [-0.15, -0.1) is 0 Å². The summed E-state index contributed by atoms with van der Waals surface area (Å²) in [7, 11) is -3.66. The number of hydrogen-bond donors (Lipinski definition) is 0. The van der Waals surface area contributed by atoms with Crippen molar-refractivity contribution in [2.24, 2.45) is 0 Å². The molecule has 1 fully saturated rings. The van der Waals surface area contributed by atoms with E-state index in [0.717, 1.165) is 0 Å². The molecule has 1 aliphatic heterocycles. The van der Waals surface area contributed by atoms with Crippen LogP contribution in [-0.4, -0.2) is 25.4 Å². The Balaban J connectivity index is 2.07. The minimum Gasteiger partial charge on any atom is -0.356 e. The molecular formula is C17H18ClNO3S. The van der Waals surface area contributed by atoms with Gasteiger partial charge in [-0.25, -0.2) is 8.42 Å². The molecule has 1 heterocycles. The van der Waals surface area contributed by atoms with Crippen molar-refractivity contribution < 1.29 is 13.2 Å². The quantitative estimate of drug-likeness (QED) is 0.840. The van der Waals surface area contributed by atoms with Crippen LogP contribution >= 0.6 is 11.6 Å². The van der Waals surface area contributed by atoms with Crippen LogP contribution in [-0.2, 0) is 14.8 Å². The fourth-order valence-electron chi connectivity index (χ4n) is 2.78. The van der Waals surface area contributed by atoms with Crippen LogP contribution in [0.5, 0.6) is 0 Å². The highest BCUT2D eigenvalue weighted by Crippen LogP contribution is 2.39. The van der Waals surface area contributed by atoms with Crippen LogP contribution in [0, 0.1) is 0 Å². The monoisotopic (exact) mass is 351 g/mol. The van der Waals surface area contributed by atoms with E-state index in [2.05, 4.69) is 0 Å².